The lowest BCUT2D eigenvalue weighted by Crippen LogP contribution is -2.03. The van der Waals surface area contributed by atoms with Crippen LogP contribution in [0.2, 0.25) is 0 Å². The molecular formula is C11H18O3. The molecule has 0 aliphatic heterocycles. The Morgan fingerprint density at radius 1 is 1.36 bits per heavy atom. The predicted molar refractivity (Wildman–Crippen MR) is 55.7 cm³/mol. The van der Waals surface area contributed by atoms with Crippen LogP contribution in [0.15, 0.2) is 24.2 Å². The van der Waals surface area contributed by atoms with E-state index in [4.69, 9.17) is 4.74 Å². The van der Waals surface area contributed by atoms with Crippen LogP contribution in [0.3, 0.4) is 0 Å². The second kappa shape index (κ2) is 8.35. The Balaban J connectivity index is 3.87. The monoisotopic (exact) mass is 198 g/mol. The van der Waals surface area contributed by atoms with Crippen molar-refractivity contribution in [3.8, 4) is 0 Å². The van der Waals surface area contributed by atoms with Gasteiger partial charge in [0.05, 0.1) is 6.26 Å². The summed E-state index contributed by atoms with van der Waals surface area (Å²) in [6.45, 7) is 5.69. The van der Waals surface area contributed by atoms with Crippen molar-refractivity contribution in [3.63, 3.8) is 0 Å². The smallest absolute Gasteiger partial charge is 0.403 e. The first-order valence-electron chi connectivity index (χ1n) is 4.89. The minimum Gasteiger partial charge on any atom is -0.403 e. The molecule has 0 saturated heterocycles. The zero-order valence-corrected chi connectivity index (χ0v) is 9.08. The van der Waals surface area contributed by atoms with Gasteiger partial charge in [0.1, 0.15) is 5.76 Å². The summed E-state index contributed by atoms with van der Waals surface area (Å²) in [5, 5.41) is 0. The highest BCUT2D eigenvalue weighted by atomic mass is 16.7. The number of carbonyl (C=O) groups is 1. The topological polar surface area (TPSA) is 35.5 Å². The van der Waals surface area contributed by atoms with Gasteiger partial charge in [0, 0.05) is 6.42 Å². The van der Waals surface area contributed by atoms with Gasteiger partial charge in [-0.05, 0) is 26.3 Å². The summed E-state index contributed by atoms with van der Waals surface area (Å²) in [6.07, 6.45) is 6.90. The minimum absolute atomic E-state index is 0.668. The van der Waals surface area contributed by atoms with Crippen LogP contribution in [-0.2, 0) is 9.47 Å². The van der Waals surface area contributed by atoms with E-state index in [0.717, 1.165) is 19.3 Å². The van der Waals surface area contributed by atoms with E-state index in [1.54, 1.807) is 19.1 Å². The number of unbranched alkanes of at least 4 members (excludes halogenated alkanes) is 1. The molecule has 0 aromatic heterocycles. The highest BCUT2D eigenvalue weighted by molar-refractivity contribution is 5.62. The fourth-order valence-corrected chi connectivity index (χ4v) is 0.860. The van der Waals surface area contributed by atoms with Crippen molar-refractivity contribution in [3.05, 3.63) is 24.2 Å². The molecule has 0 saturated carbocycles. The molecule has 0 atom stereocenters. The third-order valence-electron chi connectivity index (χ3n) is 1.61. The molecule has 0 heterocycles. The van der Waals surface area contributed by atoms with E-state index in [9.17, 15) is 4.79 Å². The molecule has 0 aliphatic carbocycles. The Bertz CT molecular complexity index is 217. The molecule has 0 N–H and O–H groups in total. The predicted octanol–water partition coefficient (Wildman–Crippen LogP) is 3.77. The quantitative estimate of drug-likeness (QED) is 0.498. The molecule has 80 valence electrons. The number of carbonyl (C=O) groups excluding carboxylic acids is 1. The summed E-state index contributed by atoms with van der Waals surface area (Å²) in [5.74, 6) is 0.668. The van der Waals surface area contributed by atoms with Crippen LogP contribution in [0, 0.1) is 0 Å². The number of hydrogen-bond acceptors (Lipinski definition) is 3. The largest absolute Gasteiger partial charge is 0.518 e. The fourth-order valence-electron chi connectivity index (χ4n) is 0.860. The fraction of sp³-hybridized carbons (Fsp3) is 0.545. The average Bonchev–Trinajstić information content (AvgIpc) is 2.21. The van der Waals surface area contributed by atoms with Gasteiger partial charge in [0.25, 0.3) is 0 Å². The summed E-state index contributed by atoms with van der Waals surface area (Å²) in [5.41, 5.74) is 0. The lowest BCUT2D eigenvalue weighted by Gasteiger charge is -2.05. The van der Waals surface area contributed by atoms with E-state index in [1.807, 2.05) is 6.92 Å². The molecule has 0 amide bonds. The van der Waals surface area contributed by atoms with Crippen LogP contribution < -0.4 is 0 Å². The molecule has 0 unspecified atom stereocenters. The van der Waals surface area contributed by atoms with Gasteiger partial charge in [-0.2, -0.15) is 0 Å². The molecule has 0 spiro atoms. The van der Waals surface area contributed by atoms with Crippen LogP contribution in [0.1, 0.15) is 40.0 Å². The second-order valence-electron chi connectivity index (χ2n) is 2.80. The molecule has 14 heavy (non-hydrogen) atoms. The van der Waals surface area contributed by atoms with Crippen molar-refractivity contribution in [2.45, 2.75) is 40.0 Å². The van der Waals surface area contributed by atoms with E-state index in [2.05, 4.69) is 11.7 Å². The zero-order valence-electron chi connectivity index (χ0n) is 9.08. The Hall–Kier alpha value is -1.25. The van der Waals surface area contributed by atoms with Gasteiger partial charge in [0.15, 0.2) is 0 Å². The van der Waals surface area contributed by atoms with Crippen LogP contribution in [0.25, 0.3) is 0 Å². The molecule has 3 heteroatoms. The van der Waals surface area contributed by atoms with Gasteiger partial charge in [-0.1, -0.05) is 19.4 Å². The van der Waals surface area contributed by atoms with Crippen LogP contribution >= 0.6 is 0 Å². The Morgan fingerprint density at radius 2 is 2.07 bits per heavy atom. The first-order chi connectivity index (χ1) is 6.74. The Kier molecular flexibility index (Phi) is 7.61. The molecule has 0 rings (SSSR count). The zero-order chi connectivity index (χ0) is 10.8. The number of ether oxygens (including phenoxy) is 2. The molecule has 0 aliphatic rings. The molecule has 0 aromatic rings. The maximum atomic E-state index is 11.0. The van der Waals surface area contributed by atoms with Gasteiger partial charge < -0.3 is 9.47 Å². The Morgan fingerprint density at radius 3 is 2.57 bits per heavy atom. The SMILES string of the molecule is CC=COC(=O)OC(=CC)CCCC. The van der Waals surface area contributed by atoms with E-state index in [0.29, 0.717) is 5.76 Å². The molecular weight excluding hydrogens is 180 g/mol. The molecule has 0 bridgehead atoms. The number of rotatable bonds is 5. The number of hydrogen-bond donors (Lipinski definition) is 0. The van der Waals surface area contributed by atoms with Gasteiger partial charge in [-0.25, -0.2) is 4.79 Å². The summed E-state index contributed by atoms with van der Waals surface area (Å²) in [7, 11) is 0. The maximum Gasteiger partial charge on any atom is 0.518 e. The molecule has 0 fully saturated rings. The molecule has 3 nitrogen and oxygen atoms in total. The van der Waals surface area contributed by atoms with Gasteiger partial charge in [0.2, 0.25) is 0 Å². The highest BCUT2D eigenvalue weighted by Crippen LogP contribution is 2.09. The summed E-state index contributed by atoms with van der Waals surface area (Å²) < 4.78 is 9.57. The van der Waals surface area contributed by atoms with Gasteiger partial charge in [-0.15, -0.1) is 0 Å². The normalized spacial score (nSPS) is 11.8. The summed E-state index contributed by atoms with van der Waals surface area (Å²) >= 11 is 0. The van der Waals surface area contributed by atoms with Crippen LogP contribution in [-0.4, -0.2) is 6.16 Å². The summed E-state index contributed by atoms with van der Waals surface area (Å²) in [4.78, 5) is 11.0. The third-order valence-corrected chi connectivity index (χ3v) is 1.61. The third kappa shape index (κ3) is 6.29. The lowest BCUT2D eigenvalue weighted by molar-refractivity contribution is 0.107. The van der Waals surface area contributed by atoms with Crippen molar-refractivity contribution in [1.29, 1.82) is 0 Å². The number of allylic oxidation sites excluding steroid dienone is 3. The van der Waals surface area contributed by atoms with Crippen LogP contribution in [0.4, 0.5) is 4.79 Å². The standard InChI is InChI=1S/C11H18O3/c1-4-7-8-10(6-3)14-11(12)13-9-5-2/h5-6,9H,4,7-8H2,1-3H3. The average molecular weight is 198 g/mol. The van der Waals surface area contributed by atoms with E-state index in [1.165, 1.54) is 6.26 Å². The van der Waals surface area contributed by atoms with Crippen molar-refractivity contribution in [2.75, 3.05) is 0 Å². The minimum atomic E-state index is -0.674. The van der Waals surface area contributed by atoms with Crippen molar-refractivity contribution in [2.24, 2.45) is 0 Å². The van der Waals surface area contributed by atoms with Gasteiger partial charge in [-0.3, -0.25) is 0 Å². The molecule has 0 radical (unpaired) electrons. The molecule has 0 aromatic carbocycles. The lowest BCUT2D eigenvalue weighted by atomic mass is 10.2. The van der Waals surface area contributed by atoms with Crippen molar-refractivity contribution in [1.82, 2.24) is 0 Å². The van der Waals surface area contributed by atoms with E-state index < -0.39 is 6.16 Å². The van der Waals surface area contributed by atoms with E-state index in [-0.39, 0.29) is 0 Å². The highest BCUT2D eigenvalue weighted by Gasteiger charge is 2.05. The second-order valence-corrected chi connectivity index (χ2v) is 2.80. The van der Waals surface area contributed by atoms with E-state index >= 15 is 0 Å². The van der Waals surface area contributed by atoms with Gasteiger partial charge >= 0.3 is 6.16 Å². The van der Waals surface area contributed by atoms with Crippen molar-refractivity contribution < 1.29 is 14.3 Å². The van der Waals surface area contributed by atoms with Crippen molar-refractivity contribution >= 4 is 6.16 Å². The summed E-state index contributed by atoms with van der Waals surface area (Å²) in [6, 6.07) is 0. The maximum absolute atomic E-state index is 11.0. The Labute approximate surface area is 85.4 Å². The van der Waals surface area contributed by atoms with Crippen LogP contribution in [0.5, 0.6) is 0 Å². The first-order valence-corrected chi connectivity index (χ1v) is 4.89. The first kappa shape index (κ1) is 12.8.